The molecule has 11 atom stereocenters. The summed E-state index contributed by atoms with van der Waals surface area (Å²) in [6.45, 7) is 17.0. The summed E-state index contributed by atoms with van der Waals surface area (Å²) in [4.78, 5) is 0. The molecule has 0 spiro atoms. The topological polar surface area (TPSA) is 60.7 Å². The van der Waals surface area contributed by atoms with Crippen LogP contribution in [0.1, 0.15) is 105 Å². The zero-order valence-corrected chi connectivity index (χ0v) is 22.7. The molecule has 3 N–H and O–H groups in total. The second kappa shape index (κ2) is 8.06. The lowest BCUT2D eigenvalue weighted by Gasteiger charge is -2.73. The second-order valence-corrected chi connectivity index (χ2v) is 14.6. The van der Waals surface area contributed by atoms with E-state index in [4.69, 9.17) is 0 Å². The molecule has 5 fully saturated rings. The van der Waals surface area contributed by atoms with E-state index in [2.05, 4.69) is 41.2 Å². The predicted octanol–water partition coefficient (Wildman–Crippen LogP) is 6.36. The summed E-state index contributed by atoms with van der Waals surface area (Å²) < 4.78 is 0. The summed E-state index contributed by atoms with van der Waals surface area (Å²) >= 11 is 0. The van der Waals surface area contributed by atoms with Crippen LogP contribution in [0.15, 0.2) is 12.2 Å². The Bertz CT molecular complexity index is 823. The summed E-state index contributed by atoms with van der Waals surface area (Å²) in [7, 11) is 0. The van der Waals surface area contributed by atoms with E-state index in [0.29, 0.717) is 39.9 Å². The van der Waals surface area contributed by atoms with Gasteiger partial charge in [-0.1, -0.05) is 47.6 Å². The van der Waals surface area contributed by atoms with Gasteiger partial charge in [-0.25, -0.2) is 0 Å². The Balaban J connectivity index is 1.54. The van der Waals surface area contributed by atoms with Crippen LogP contribution in [-0.2, 0) is 0 Å². The summed E-state index contributed by atoms with van der Waals surface area (Å²) in [6.07, 6.45) is 13.0. The Morgan fingerprint density at radius 2 is 1.56 bits per heavy atom. The molecule has 0 bridgehead atoms. The SMILES string of the molecule is C=C(CO)[C@@H]1CC[C@]2(CC)CC[C@]3(C)C(CCC4[C@@]5(C)CC[C@H](O)[C@@](C)(CO)[C@@H]5CC[C@]43C)C12. The van der Waals surface area contributed by atoms with Gasteiger partial charge < -0.3 is 15.3 Å². The average Bonchev–Trinajstić information content (AvgIpc) is 3.22. The maximum absolute atomic E-state index is 11.0. The minimum absolute atomic E-state index is 0.101. The first-order valence-corrected chi connectivity index (χ1v) is 14.5. The minimum Gasteiger partial charge on any atom is -0.396 e. The van der Waals surface area contributed by atoms with Gasteiger partial charge in [0.15, 0.2) is 0 Å². The Morgan fingerprint density at radius 1 is 0.824 bits per heavy atom. The summed E-state index contributed by atoms with van der Waals surface area (Å²) in [5, 5.41) is 31.5. The van der Waals surface area contributed by atoms with E-state index < -0.39 is 0 Å². The molecule has 3 nitrogen and oxygen atoms in total. The molecule has 0 aliphatic heterocycles. The van der Waals surface area contributed by atoms with Crippen LogP contribution in [0.5, 0.6) is 0 Å². The van der Waals surface area contributed by atoms with Crippen molar-refractivity contribution in [3.8, 4) is 0 Å². The van der Waals surface area contributed by atoms with E-state index in [1.807, 2.05) is 0 Å². The molecule has 5 saturated carbocycles. The van der Waals surface area contributed by atoms with Gasteiger partial charge in [0.1, 0.15) is 0 Å². The van der Waals surface area contributed by atoms with Gasteiger partial charge >= 0.3 is 0 Å². The molecule has 34 heavy (non-hydrogen) atoms. The van der Waals surface area contributed by atoms with Gasteiger partial charge in [-0.05, 0) is 121 Å². The Hall–Kier alpha value is -0.380. The second-order valence-electron chi connectivity index (χ2n) is 14.6. The largest absolute Gasteiger partial charge is 0.396 e. The molecule has 5 aliphatic carbocycles. The van der Waals surface area contributed by atoms with Crippen molar-refractivity contribution >= 4 is 0 Å². The fraction of sp³-hybridized carbons (Fsp3) is 0.935. The quantitative estimate of drug-likeness (QED) is 0.417. The van der Waals surface area contributed by atoms with Crippen LogP contribution in [0.3, 0.4) is 0 Å². The number of aliphatic hydroxyl groups is 3. The van der Waals surface area contributed by atoms with Crippen LogP contribution in [-0.4, -0.2) is 34.6 Å². The van der Waals surface area contributed by atoms with Crippen molar-refractivity contribution in [2.45, 2.75) is 111 Å². The first-order chi connectivity index (χ1) is 16.0. The normalized spacial score (nSPS) is 56.7. The third kappa shape index (κ3) is 2.93. The molecule has 5 aliphatic rings. The van der Waals surface area contributed by atoms with Crippen molar-refractivity contribution in [3.63, 3.8) is 0 Å². The zero-order valence-electron chi connectivity index (χ0n) is 22.7. The first kappa shape index (κ1) is 25.3. The highest BCUT2D eigenvalue weighted by molar-refractivity contribution is 5.22. The van der Waals surface area contributed by atoms with Crippen molar-refractivity contribution in [1.82, 2.24) is 0 Å². The lowest BCUT2D eigenvalue weighted by atomic mass is 9.32. The summed E-state index contributed by atoms with van der Waals surface area (Å²) in [5.74, 6) is 2.95. The van der Waals surface area contributed by atoms with E-state index in [1.165, 1.54) is 51.4 Å². The Labute approximate surface area is 208 Å². The molecule has 0 saturated heterocycles. The zero-order chi connectivity index (χ0) is 24.7. The lowest BCUT2D eigenvalue weighted by Crippen LogP contribution is -2.67. The van der Waals surface area contributed by atoms with E-state index in [9.17, 15) is 15.3 Å². The van der Waals surface area contributed by atoms with Gasteiger partial charge in [0, 0.05) is 5.41 Å². The highest BCUT2D eigenvalue weighted by Crippen LogP contribution is 2.77. The van der Waals surface area contributed by atoms with Crippen LogP contribution < -0.4 is 0 Å². The lowest BCUT2D eigenvalue weighted by molar-refractivity contribution is -0.254. The fourth-order valence-corrected chi connectivity index (χ4v) is 11.9. The van der Waals surface area contributed by atoms with Crippen LogP contribution in [0.4, 0.5) is 0 Å². The predicted molar refractivity (Wildman–Crippen MR) is 138 cm³/mol. The standard InChI is InChI=1S/C31H52O3/c1-7-31-15-10-21(20(2)18-32)26(31)22-8-9-24-27(3)13-12-25(34)28(4,19-33)23(27)11-14-30(24,6)29(22,5)16-17-31/h21-26,32-34H,2,7-19H2,1,3-6H3/t21-,22?,23+,24?,25-,26?,27-,28-,29+,30+,31+/m0/s1. The van der Waals surface area contributed by atoms with Crippen molar-refractivity contribution in [3.05, 3.63) is 12.2 Å². The van der Waals surface area contributed by atoms with Crippen molar-refractivity contribution < 1.29 is 15.3 Å². The van der Waals surface area contributed by atoms with Gasteiger partial charge in [0.05, 0.1) is 19.3 Å². The molecule has 3 unspecified atom stereocenters. The molecular formula is C31H52O3. The average molecular weight is 473 g/mol. The highest BCUT2D eigenvalue weighted by Gasteiger charge is 2.70. The molecule has 0 radical (unpaired) electrons. The van der Waals surface area contributed by atoms with E-state index in [0.717, 1.165) is 30.8 Å². The van der Waals surface area contributed by atoms with Gasteiger partial charge in [-0.3, -0.25) is 0 Å². The highest BCUT2D eigenvalue weighted by atomic mass is 16.3. The van der Waals surface area contributed by atoms with Gasteiger partial charge in [-0.15, -0.1) is 0 Å². The third-order valence-electron chi connectivity index (χ3n) is 14.2. The molecule has 0 aromatic heterocycles. The number of fused-ring (bicyclic) bond motifs is 7. The van der Waals surface area contributed by atoms with Crippen molar-refractivity contribution in [2.24, 2.45) is 56.7 Å². The molecule has 194 valence electrons. The number of aliphatic hydroxyl groups excluding tert-OH is 3. The van der Waals surface area contributed by atoms with Gasteiger partial charge in [-0.2, -0.15) is 0 Å². The van der Waals surface area contributed by atoms with E-state index in [1.54, 1.807) is 0 Å². The molecular weight excluding hydrogens is 420 g/mol. The maximum atomic E-state index is 11.0. The van der Waals surface area contributed by atoms with E-state index in [-0.39, 0.29) is 30.1 Å². The number of hydrogen-bond donors (Lipinski definition) is 3. The number of hydrogen-bond acceptors (Lipinski definition) is 3. The maximum Gasteiger partial charge on any atom is 0.0641 e. The summed E-state index contributed by atoms with van der Waals surface area (Å²) in [6, 6.07) is 0. The van der Waals surface area contributed by atoms with Crippen LogP contribution in [0.25, 0.3) is 0 Å². The molecule has 0 aromatic carbocycles. The molecule has 0 aromatic rings. The molecule has 5 rings (SSSR count). The number of rotatable bonds is 4. The third-order valence-corrected chi connectivity index (χ3v) is 14.2. The molecule has 0 heterocycles. The van der Waals surface area contributed by atoms with Gasteiger partial charge in [0.25, 0.3) is 0 Å². The van der Waals surface area contributed by atoms with Crippen LogP contribution in [0, 0.1) is 56.7 Å². The van der Waals surface area contributed by atoms with Crippen molar-refractivity contribution in [1.29, 1.82) is 0 Å². The van der Waals surface area contributed by atoms with Crippen LogP contribution >= 0.6 is 0 Å². The van der Waals surface area contributed by atoms with Gasteiger partial charge in [0.2, 0.25) is 0 Å². The Morgan fingerprint density at radius 3 is 2.21 bits per heavy atom. The first-order valence-electron chi connectivity index (χ1n) is 14.5. The fourth-order valence-electron chi connectivity index (χ4n) is 11.9. The summed E-state index contributed by atoms with van der Waals surface area (Å²) in [5.41, 5.74) is 1.98. The van der Waals surface area contributed by atoms with Crippen molar-refractivity contribution in [2.75, 3.05) is 13.2 Å². The molecule has 3 heteroatoms. The smallest absolute Gasteiger partial charge is 0.0641 e. The monoisotopic (exact) mass is 472 g/mol. The Kier molecular flexibility index (Phi) is 5.99. The minimum atomic E-state index is -0.379. The molecule has 0 amide bonds. The van der Waals surface area contributed by atoms with Crippen LogP contribution in [0.2, 0.25) is 0 Å². The van der Waals surface area contributed by atoms with E-state index >= 15 is 0 Å².